The zero-order valence-corrected chi connectivity index (χ0v) is 16.9. The second-order valence-electron chi connectivity index (χ2n) is 6.88. The molecule has 164 valence electrons. The molecule has 2 aromatic rings. The Morgan fingerprint density at radius 3 is 1.71 bits per heavy atom. The van der Waals surface area contributed by atoms with Crippen LogP contribution < -0.4 is 21.7 Å². The summed E-state index contributed by atoms with van der Waals surface area (Å²) in [5.74, 6) is -2.92. The van der Waals surface area contributed by atoms with Crippen LogP contribution in [-0.4, -0.2) is 54.0 Å². The summed E-state index contributed by atoms with van der Waals surface area (Å²) >= 11 is 0. The maximum atomic E-state index is 13.0. The van der Waals surface area contributed by atoms with Gasteiger partial charge in [0.15, 0.2) is 0 Å². The van der Waals surface area contributed by atoms with Crippen molar-refractivity contribution < 1.29 is 24.3 Å². The fourth-order valence-electron chi connectivity index (χ4n) is 2.93. The standard InChI is InChI=1S/C22H26N4O5/c23-13-19(27)25-18(12-16-9-5-2-6-10-16)22(31)26-17(21(30)24-14-20(28)29)11-15-7-3-1-4-8-15/h1-10,17-18H,11-14,23H2,(H,24,30)(H,25,27)(H,26,31)(H,28,29). The van der Waals surface area contributed by atoms with E-state index >= 15 is 0 Å². The summed E-state index contributed by atoms with van der Waals surface area (Å²) in [6.07, 6.45) is 0.355. The van der Waals surface area contributed by atoms with Crippen molar-refractivity contribution in [1.29, 1.82) is 0 Å². The quantitative estimate of drug-likeness (QED) is 0.330. The van der Waals surface area contributed by atoms with E-state index in [9.17, 15) is 19.2 Å². The van der Waals surface area contributed by atoms with Crippen LogP contribution in [0.4, 0.5) is 0 Å². The summed E-state index contributed by atoms with van der Waals surface area (Å²) in [5.41, 5.74) is 6.97. The number of hydrogen-bond acceptors (Lipinski definition) is 5. The van der Waals surface area contributed by atoms with Gasteiger partial charge in [-0.2, -0.15) is 0 Å². The fourth-order valence-corrected chi connectivity index (χ4v) is 2.93. The highest BCUT2D eigenvalue weighted by molar-refractivity contribution is 5.93. The number of aliphatic carboxylic acids is 1. The van der Waals surface area contributed by atoms with Crippen LogP contribution in [0.5, 0.6) is 0 Å². The van der Waals surface area contributed by atoms with Gasteiger partial charge < -0.3 is 26.8 Å². The highest BCUT2D eigenvalue weighted by atomic mass is 16.4. The van der Waals surface area contributed by atoms with Crippen molar-refractivity contribution in [2.45, 2.75) is 24.9 Å². The normalized spacial score (nSPS) is 12.3. The van der Waals surface area contributed by atoms with Gasteiger partial charge in [-0.15, -0.1) is 0 Å². The zero-order valence-electron chi connectivity index (χ0n) is 16.9. The van der Waals surface area contributed by atoms with Crippen molar-refractivity contribution in [2.75, 3.05) is 13.1 Å². The first-order chi connectivity index (χ1) is 14.9. The molecule has 0 aliphatic rings. The van der Waals surface area contributed by atoms with Gasteiger partial charge in [0.2, 0.25) is 17.7 Å². The van der Waals surface area contributed by atoms with Gasteiger partial charge in [-0.25, -0.2) is 0 Å². The van der Waals surface area contributed by atoms with Gasteiger partial charge in [-0.05, 0) is 11.1 Å². The van der Waals surface area contributed by atoms with Crippen LogP contribution in [0.25, 0.3) is 0 Å². The van der Waals surface area contributed by atoms with Crippen LogP contribution in [0, 0.1) is 0 Å². The average molecular weight is 426 g/mol. The predicted molar refractivity (Wildman–Crippen MR) is 114 cm³/mol. The van der Waals surface area contributed by atoms with Crippen LogP contribution in [-0.2, 0) is 32.0 Å². The lowest BCUT2D eigenvalue weighted by molar-refractivity contribution is -0.138. The second kappa shape index (κ2) is 12.1. The molecule has 0 spiro atoms. The molecule has 2 atom stereocenters. The largest absolute Gasteiger partial charge is 0.480 e. The number of carboxylic acid groups (broad SMARTS) is 1. The number of amides is 3. The molecule has 2 rings (SSSR count). The lowest BCUT2D eigenvalue weighted by Gasteiger charge is -2.23. The van der Waals surface area contributed by atoms with E-state index in [1.807, 2.05) is 36.4 Å². The molecular weight excluding hydrogens is 400 g/mol. The van der Waals surface area contributed by atoms with Gasteiger partial charge in [0.05, 0.1) is 6.54 Å². The van der Waals surface area contributed by atoms with Gasteiger partial charge in [0.25, 0.3) is 0 Å². The summed E-state index contributed by atoms with van der Waals surface area (Å²) in [4.78, 5) is 48.2. The van der Waals surface area contributed by atoms with Gasteiger partial charge in [-0.3, -0.25) is 19.2 Å². The van der Waals surface area contributed by atoms with Gasteiger partial charge in [-0.1, -0.05) is 60.7 Å². The Balaban J connectivity index is 2.18. The molecule has 0 saturated carbocycles. The Hall–Kier alpha value is -3.72. The van der Waals surface area contributed by atoms with E-state index in [0.29, 0.717) is 0 Å². The van der Waals surface area contributed by atoms with Gasteiger partial charge in [0, 0.05) is 12.8 Å². The monoisotopic (exact) mass is 426 g/mol. The number of carbonyl (C=O) groups is 4. The third-order valence-corrected chi connectivity index (χ3v) is 4.45. The SMILES string of the molecule is NCC(=O)NC(Cc1ccccc1)C(=O)NC(Cc1ccccc1)C(=O)NCC(=O)O. The van der Waals surface area contributed by atoms with Crippen LogP contribution in [0.1, 0.15) is 11.1 Å². The molecule has 6 N–H and O–H groups in total. The number of rotatable bonds is 11. The van der Waals surface area contributed by atoms with Crippen molar-refractivity contribution in [3.8, 4) is 0 Å². The first-order valence-corrected chi connectivity index (χ1v) is 9.76. The van der Waals surface area contributed by atoms with Crippen LogP contribution in [0.3, 0.4) is 0 Å². The Bertz CT molecular complexity index is 889. The Kier molecular flexibility index (Phi) is 9.18. The molecule has 0 heterocycles. The van der Waals surface area contributed by atoms with Gasteiger partial charge in [0.1, 0.15) is 18.6 Å². The lowest BCUT2D eigenvalue weighted by atomic mass is 10.0. The molecule has 0 aromatic heterocycles. The van der Waals surface area contributed by atoms with Crippen molar-refractivity contribution in [3.05, 3.63) is 71.8 Å². The van der Waals surface area contributed by atoms with Crippen LogP contribution in [0.2, 0.25) is 0 Å². The molecule has 0 aliphatic carbocycles. The summed E-state index contributed by atoms with van der Waals surface area (Å²) in [6, 6.07) is 16.1. The van der Waals surface area contributed by atoms with E-state index in [0.717, 1.165) is 11.1 Å². The fraction of sp³-hybridized carbons (Fsp3) is 0.273. The molecule has 3 amide bonds. The third kappa shape index (κ3) is 8.27. The van der Waals surface area contributed by atoms with E-state index < -0.39 is 42.3 Å². The van der Waals surface area contributed by atoms with E-state index in [2.05, 4.69) is 16.0 Å². The highest BCUT2D eigenvalue weighted by Gasteiger charge is 2.27. The number of hydrogen-bond donors (Lipinski definition) is 5. The number of carbonyl (C=O) groups excluding carboxylic acids is 3. The number of nitrogens with one attached hydrogen (secondary N) is 3. The van der Waals surface area contributed by atoms with E-state index in [1.54, 1.807) is 24.3 Å². The van der Waals surface area contributed by atoms with Crippen molar-refractivity contribution >= 4 is 23.7 Å². The summed E-state index contributed by atoms with van der Waals surface area (Å²) in [5, 5.41) is 16.3. The molecule has 0 saturated heterocycles. The Morgan fingerprint density at radius 2 is 1.26 bits per heavy atom. The molecule has 0 aliphatic heterocycles. The minimum Gasteiger partial charge on any atom is -0.480 e. The highest BCUT2D eigenvalue weighted by Crippen LogP contribution is 2.07. The van der Waals surface area contributed by atoms with Crippen molar-refractivity contribution in [3.63, 3.8) is 0 Å². The molecule has 9 heteroatoms. The molecule has 0 bridgehead atoms. The number of carboxylic acids is 1. The van der Waals surface area contributed by atoms with Crippen molar-refractivity contribution in [2.24, 2.45) is 5.73 Å². The molecule has 9 nitrogen and oxygen atoms in total. The maximum absolute atomic E-state index is 13.0. The molecule has 2 unspecified atom stereocenters. The maximum Gasteiger partial charge on any atom is 0.322 e. The number of benzene rings is 2. The van der Waals surface area contributed by atoms with Gasteiger partial charge >= 0.3 is 5.97 Å². The molecule has 0 fully saturated rings. The summed E-state index contributed by atoms with van der Waals surface area (Å²) in [6.45, 7) is -0.859. The van der Waals surface area contributed by atoms with E-state index in [4.69, 9.17) is 10.8 Å². The van der Waals surface area contributed by atoms with Crippen LogP contribution >= 0.6 is 0 Å². The molecule has 31 heavy (non-hydrogen) atoms. The third-order valence-electron chi connectivity index (χ3n) is 4.45. The topological polar surface area (TPSA) is 151 Å². The molecule has 2 aromatic carbocycles. The minimum absolute atomic E-state index is 0.154. The molecule has 0 radical (unpaired) electrons. The zero-order chi connectivity index (χ0) is 22.6. The number of nitrogens with two attached hydrogens (primary N) is 1. The summed E-state index contributed by atoms with van der Waals surface area (Å²) in [7, 11) is 0. The molecular formula is C22H26N4O5. The summed E-state index contributed by atoms with van der Waals surface area (Å²) < 4.78 is 0. The smallest absolute Gasteiger partial charge is 0.322 e. The minimum atomic E-state index is -1.20. The Labute approximate surface area is 180 Å². The second-order valence-corrected chi connectivity index (χ2v) is 6.88. The first kappa shape index (κ1) is 23.6. The predicted octanol–water partition coefficient (Wildman–Crippen LogP) is -0.399. The van der Waals surface area contributed by atoms with E-state index in [-0.39, 0.29) is 19.4 Å². The average Bonchev–Trinajstić information content (AvgIpc) is 2.77. The van der Waals surface area contributed by atoms with Crippen molar-refractivity contribution in [1.82, 2.24) is 16.0 Å². The first-order valence-electron chi connectivity index (χ1n) is 9.76. The van der Waals surface area contributed by atoms with Crippen LogP contribution in [0.15, 0.2) is 60.7 Å². The van der Waals surface area contributed by atoms with E-state index in [1.165, 1.54) is 0 Å². The lowest BCUT2D eigenvalue weighted by Crippen LogP contribution is -2.56. The Morgan fingerprint density at radius 1 is 0.774 bits per heavy atom.